The highest BCUT2D eigenvalue weighted by molar-refractivity contribution is 7.85. The fraction of sp³-hybridized carbons (Fsp3) is 1.00. The van der Waals surface area contributed by atoms with E-state index < -0.39 is 10.8 Å². The predicted octanol–water partition coefficient (Wildman–Crippen LogP) is 0.0487. The van der Waals surface area contributed by atoms with Crippen LogP contribution >= 0.6 is 0 Å². The lowest BCUT2D eigenvalue weighted by Gasteiger charge is -2.34. The molecule has 14 heavy (non-hydrogen) atoms. The fourth-order valence-corrected chi connectivity index (χ4v) is 3.72. The van der Waals surface area contributed by atoms with Crippen LogP contribution in [0.3, 0.4) is 0 Å². The number of rotatable bonds is 2. The van der Waals surface area contributed by atoms with E-state index in [2.05, 4.69) is 17.1 Å². The number of nitrogens with one attached hydrogen (secondary N) is 1. The minimum Gasteiger partial charge on any atom is -0.316 e. The molecule has 0 radical (unpaired) electrons. The maximum absolute atomic E-state index is 11.3. The van der Waals surface area contributed by atoms with Crippen molar-refractivity contribution < 1.29 is 4.21 Å². The third-order valence-electron chi connectivity index (χ3n) is 3.31. The molecule has 0 aromatic heterocycles. The molecule has 2 fully saturated rings. The van der Waals surface area contributed by atoms with Gasteiger partial charge >= 0.3 is 0 Å². The van der Waals surface area contributed by atoms with Gasteiger partial charge < -0.3 is 5.32 Å². The topological polar surface area (TPSA) is 32.3 Å². The van der Waals surface area contributed by atoms with Crippen molar-refractivity contribution in [1.29, 1.82) is 0 Å². The number of hydrogen-bond donors (Lipinski definition) is 1. The Morgan fingerprint density at radius 1 is 1.57 bits per heavy atom. The second-order valence-corrected chi connectivity index (χ2v) is 6.13. The minimum absolute atomic E-state index is 0.519. The van der Waals surface area contributed by atoms with Crippen LogP contribution < -0.4 is 5.32 Å². The van der Waals surface area contributed by atoms with Gasteiger partial charge in [-0.25, -0.2) is 0 Å². The van der Waals surface area contributed by atoms with E-state index >= 15 is 0 Å². The summed E-state index contributed by atoms with van der Waals surface area (Å²) in [7, 11) is -0.551. The Morgan fingerprint density at radius 2 is 2.43 bits per heavy atom. The molecule has 0 bridgehead atoms. The summed E-state index contributed by atoms with van der Waals surface area (Å²) in [4.78, 5) is 2.51. The molecule has 2 aliphatic rings. The summed E-state index contributed by atoms with van der Waals surface area (Å²) in [6.07, 6.45) is 1.31. The molecule has 0 amide bonds. The number of nitrogens with zero attached hydrogens (tertiary/aromatic N) is 1. The average molecular weight is 216 g/mol. The van der Waals surface area contributed by atoms with E-state index in [0.29, 0.717) is 6.04 Å². The van der Waals surface area contributed by atoms with Crippen LogP contribution in [0.5, 0.6) is 0 Å². The van der Waals surface area contributed by atoms with Crippen molar-refractivity contribution in [2.45, 2.75) is 19.4 Å². The van der Waals surface area contributed by atoms with Crippen molar-refractivity contribution in [2.75, 3.05) is 37.7 Å². The highest BCUT2D eigenvalue weighted by Crippen LogP contribution is 2.15. The van der Waals surface area contributed by atoms with Gasteiger partial charge in [-0.15, -0.1) is 0 Å². The van der Waals surface area contributed by atoms with Crippen LogP contribution in [-0.2, 0) is 10.8 Å². The summed E-state index contributed by atoms with van der Waals surface area (Å²) in [5.41, 5.74) is 0. The molecule has 82 valence electrons. The molecule has 3 unspecified atom stereocenters. The first kappa shape index (κ1) is 10.6. The Morgan fingerprint density at radius 3 is 3.07 bits per heavy atom. The first-order valence-electron chi connectivity index (χ1n) is 5.55. The van der Waals surface area contributed by atoms with Crippen LogP contribution in [0.4, 0.5) is 0 Å². The van der Waals surface area contributed by atoms with Gasteiger partial charge in [0.25, 0.3) is 0 Å². The third kappa shape index (κ3) is 2.55. The SMILES string of the molecule is CC1CS(=O)CCN1CC1CCNC1. The quantitative estimate of drug-likeness (QED) is 0.708. The maximum atomic E-state index is 11.3. The summed E-state index contributed by atoms with van der Waals surface area (Å²) in [5.74, 6) is 2.58. The molecule has 2 rings (SSSR count). The normalized spacial score (nSPS) is 40.2. The molecule has 2 saturated heterocycles. The molecule has 4 heteroatoms. The molecular formula is C10H20N2OS. The van der Waals surface area contributed by atoms with Crippen molar-refractivity contribution in [3.8, 4) is 0 Å². The molecule has 0 spiro atoms. The summed E-state index contributed by atoms with van der Waals surface area (Å²) in [6, 6.07) is 0.519. The summed E-state index contributed by atoms with van der Waals surface area (Å²) in [6.45, 7) is 6.79. The van der Waals surface area contributed by atoms with Crippen molar-refractivity contribution in [2.24, 2.45) is 5.92 Å². The van der Waals surface area contributed by atoms with Gasteiger partial charge in [-0.3, -0.25) is 9.11 Å². The minimum atomic E-state index is -0.551. The van der Waals surface area contributed by atoms with E-state index in [1.165, 1.54) is 26.1 Å². The largest absolute Gasteiger partial charge is 0.316 e. The highest BCUT2D eigenvalue weighted by atomic mass is 32.2. The van der Waals surface area contributed by atoms with E-state index in [1.807, 2.05) is 0 Å². The van der Waals surface area contributed by atoms with Crippen molar-refractivity contribution in [3.63, 3.8) is 0 Å². The molecule has 3 nitrogen and oxygen atoms in total. The molecule has 2 heterocycles. The summed E-state index contributed by atoms with van der Waals surface area (Å²) >= 11 is 0. The Labute approximate surface area is 88.7 Å². The number of hydrogen-bond acceptors (Lipinski definition) is 3. The fourth-order valence-electron chi connectivity index (χ4n) is 2.37. The predicted molar refractivity (Wildman–Crippen MR) is 59.9 cm³/mol. The van der Waals surface area contributed by atoms with Crippen molar-refractivity contribution >= 4 is 10.8 Å². The lowest BCUT2D eigenvalue weighted by molar-refractivity contribution is 0.199. The second-order valence-electron chi connectivity index (χ2n) is 4.51. The smallest absolute Gasteiger partial charge is 0.0388 e. The van der Waals surface area contributed by atoms with Crippen LogP contribution in [0, 0.1) is 5.92 Å². The van der Waals surface area contributed by atoms with Crippen LogP contribution in [-0.4, -0.2) is 52.8 Å². The van der Waals surface area contributed by atoms with Crippen LogP contribution in [0.2, 0.25) is 0 Å². The van der Waals surface area contributed by atoms with Gasteiger partial charge in [-0.1, -0.05) is 0 Å². The third-order valence-corrected chi connectivity index (χ3v) is 4.80. The molecular weight excluding hydrogens is 196 g/mol. The lowest BCUT2D eigenvalue weighted by atomic mass is 10.1. The zero-order valence-electron chi connectivity index (χ0n) is 8.87. The maximum Gasteiger partial charge on any atom is 0.0388 e. The zero-order valence-corrected chi connectivity index (χ0v) is 9.68. The molecule has 0 aliphatic carbocycles. The van der Waals surface area contributed by atoms with E-state index in [-0.39, 0.29) is 0 Å². The van der Waals surface area contributed by atoms with Gasteiger partial charge in [-0.05, 0) is 32.4 Å². The van der Waals surface area contributed by atoms with Crippen LogP contribution in [0.25, 0.3) is 0 Å². The van der Waals surface area contributed by atoms with E-state index in [9.17, 15) is 4.21 Å². The molecule has 0 aromatic rings. The van der Waals surface area contributed by atoms with Crippen molar-refractivity contribution in [1.82, 2.24) is 10.2 Å². The van der Waals surface area contributed by atoms with Crippen LogP contribution in [0.1, 0.15) is 13.3 Å². The molecule has 1 N–H and O–H groups in total. The van der Waals surface area contributed by atoms with Gasteiger partial charge in [0.1, 0.15) is 0 Å². The Bertz CT molecular complexity index is 216. The Kier molecular flexibility index (Phi) is 3.57. The van der Waals surface area contributed by atoms with E-state index in [0.717, 1.165) is 24.0 Å². The summed E-state index contributed by atoms with van der Waals surface area (Å²) in [5, 5.41) is 3.40. The molecule has 2 aliphatic heterocycles. The first-order valence-corrected chi connectivity index (χ1v) is 7.04. The van der Waals surface area contributed by atoms with E-state index in [4.69, 9.17) is 0 Å². The van der Waals surface area contributed by atoms with Gasteiger partial charge in [0, 0.05) is 41.4 Å². The Balaban J connectivity index is 1.81. The van der Waals surface area contributed by atoms with Crippen molar-refractivity contribution in [3.05, 3.63) is 0 Å². The van der Waals surface area contributed by atoms with Gasteiger partial charge in [-0.2, -0.15) is 0 Å². The molecule has 3 atom stereocenters. The van der Waals surface area contributed by atoms with Crippen LogP contribution in [0.15, 0.2) is 0 Å². The highest BCUT2D eigenvalue weighted by Gasteiger charge is 2.26. The standard InChI is InChI=1S/C10H20N2OS/c1-9-8-14(13)5-4-12(9)7-10-2-3-11-6-10/h9-11H,2-8H2,1H3. The monoisotopic (exact) mass is 216 g/mol. The zero-order chi connectivity index (χ0) is 9.97. The van der Waals surface area contributed by atoms with Gasteiger partial charge in [0.05, 0.1) is 0 Å². The Hall–Kier alpha value is 0.0700. The second kappa shape index (κ2) is 4.73. The summed E-state index contributed by atoms with van der Waals surface area (Å²) < 4.78 is 11.3. The lowest BCUT2D eigenvalue weighted by Crippen LogP contribution is -2.47. The average Bonchev–Trinajstić information content (AvgIpc) is 2.62. The molecule has 0 aromatic carbocycles. The van der Waals surface area contributed by atoms with E-state index in [1.54, 1.807) is 0 Å². The van der Waals surface area contributed by atoms with Gasteiger partial charge in [0.15, 0.2) is 0 Å². The van der Waals surface area contributed by atoms with Gasteiger partial charge in [0.2, 0.25) is 0 Å². The molecule has 0 saturated carbocycles. The first-order chi connectivity index (χ1) is 6.75.